The van der Waals surface area contributed by atoms with Crippen molar-refractivity contribution in [3.05, 3.63) is 24.0 Å². The van der Waals surface area contributed by atoms with E-state index >= 15 is 0 Å². The fourth-order valence-electron chi connectivity index (χ4n) is 2.21. The zero-order chi connectivity index (χ0) is 13.8. The second-order valence-corrected chi connectivity index (χ2v) is 4.83. The number of carbonyl (C=O) groups is 1. The summed E-state index contributed by atoms with van der Waals surface area (Å²) in [5.41, 5.74) is 5.46. The van der Waals surface area contributed by atoms with E-state index in [1.54, 1.807) is 13.0 Å². The number of nitrogens with two attached hydrogens (primary N) is 1. The Morgan fingerprint density at radius 2 is 2.05 bits per heavy atom. The van der Waals surface area contributed by atoms with Crippen LogP contribution in [0.2, 0.25) is 0 Å². The number of anilines is 1. The van der Waals surface area contributed by atoms with Crippen molar-refractivity contribution in [2.75, 3.05) is 18.8 Å². The summed E-state index contributed by atoms with van der Waals surface area (Å²) < 4.78 is 18.8. The van der Waals surface area contributed by atoms with Gasteiger partial charge in [-0.15, -0.1) is 0 Å². The number of rotatable bonds is 3. The molecule has 1 atom stereocenters. The first kappa shape index (κ1) is 13.6. The Hall–Kier alpha value is -1.78. The summed E-state index contributed by atoms with van der Waals surface area (Å²) in [6, 6.07) is 4.20. The van der Waals surface area contributed by atoms with E-state index in [0.717, 1.165) is 25.9 Å². The average Bonchev–Trinajstić information content (AvgIpc) is 2.43. The predicted octanol–water partition coefficient (Wildman–Crippen LogP) is 2.19. The van der Waals surface area contributed by atoms with Gasteiger partial charge in [0.25, 0.3) is 5.91 Å². The molecule has 0 aliphatic carbocycles. The third-order valence-corrected chi connectivity index (χ3v) is 3.30. The number of likely N-dealkylation sites (tertiary alicyclic amines) is 1. The van der Waals surface area contributed by atoms with Gasteiger partial charge in [0.2, 0.25) is 0 Å². The number of amides is 1. The number of carbonyl (C=O) groups excluding carboxylic acids is 1. The highest BCUT2D eigenvalue weighted by molar-refractivity contribution is 5.81. The van der Waals surface area contributed by atoms with Gasteiger partial charge in [-0.1, -0.05) is 0 Å². The molecule has 0 spiro atoms. The quantitative estimate of drug-likeness (QED) is 0.853. The van der Waals surface area contributed by atoms with Crippen LogP contribution in [0.1, 0.15) is 26.2 Å². The van der Waals surface area contributed by atoms with Crippen molar-refractivity contribution in [1.82, 2.24) is 4.90 Å². The van der Waals surface area contributed by atoms with Gasteiger partial charge in [-0.2, -0.15) is 0 Å². The van der Waals surface area contributed by atoms with E-state index < -0.39 is 11.9 Å². The number of ether oxygens (including phenoxy) is 1. The number of hydrogen-bond donors (Lipinski definition) is 1. The van der Waals surface area contributed by atoms with Crippen molar-refractivity contribution >= 4 is 11.6 Å². The first-order chi connectivity index (χ1) is 9.08. The maximum absolute atomic E-state index is 13.3. The maximum atomic E-state index is 13.3. The third kappa shape index (κ3) is 3.36. The SMILES string of the molecule is CC(Oc1ccc(N)c(F)c1)C(=O)N1CCCCC1. The highest BCUT2D eigenvalue weighted by atomic mass is 19.1. The number of nitrogens with zero attached hydrogens (tertiary/aromatic N) is 1. The van der Waals surface area contributed by atoms with Crippen LogP contribution in [0.4, 0.5) is 10.1 Å². The van der Waals surface area contributed by atoms with Gasteiger partial charge in [0.1, 0.15) is 11.6 Å². The molecule has 1 aromatic carbocycles. The van der Waals surface area contributed by atoms with Crippen LogP contribution >= 0.6 is 0 Å². The van der Waals surface area contributed by atoms with Crippen LogP contribution in [0.3, 0.4) is 0 Å². The molecule has 104 valence electrons. The number of benzene rings is 1. The number of hydrogen-bond acceptors (Lipinski definition) is 3. The Morgan fingerprint density at radius 3 is 2.68 bits per heavy atom. The van der Waals surface area contributed by atoms with Crippen molar-refractivity contribution in [2.45, 2.75) is 32.3 Å². The Labute approximate surface area is 112 Å². The fraction of sp³-hybridized carbons (Fsp3) is 0.500. The van der Waals surface area contributed by atoms with E-state index in [4.69, 9.17) is 10.5 Å². The van der Waals surface area contributed by atoms with Crippen LogP contribution in [-0.4, -0.2) is 30.0 Å². The normalized spacial score (nSPS) is 17.1. The van der Waals surface area contributed by atoms with Gasteiger partial charge in [-0.05, 0) is 38.3 Å². The second kappa shape index (κ2) is 5.91. The zero-order valence-electron chi connectivity index (χ0n) is 11.1. The van der Waals surface area contributed by atoms with E-state index in [0.29, 0.717) is 5.75 Å². The molecule has 1 amide bonds. The summed E-state index contributed by atoms with van der Waals surface area (Å²) in [6.45, 7) is 3.25. The Kier molecular flexibility index (Phi) is 4.24. The van der Waals surface area contributed by atoms with Crippen LogP contribution in [0.25, 0.3) is 0 Å². The second-order valence-electron chi connectivity index (χ2n) is 4.83. The van der Waals surface area contributed by atoms with E-state index in [-0.39, 0.29) is 11.6 Å². The molecule has 1 saturated heterocycles. The van der Waals surface area contributed by atoms with Crippen LogP contribution in [0.5, 0.6) is 5.75 Å². The molecule has 0 saturated carbocycles. The van der Waals surface area contributed by atoms with Crippen LogP contribution in [0, 0.1) is 5.82 Å². The molecule has 1 heterocycles. The monoisotopic (exact) mass is 266 g/mol. The first-order valence-electron chi connectivity index (χ1n) is 6.58. The van der Waals surface area contributed by atoms with E-state index in [2.05, 4.69) is 0 Å². The number of piperidine rings is 1. The van der Waals surface area contributed by atoms with Gasteiger partial charge in [0.15, 0.2) is 6.10 Å². The number of nitrogen functional groups attached to an aromatic ring is 1. The molecule has 0 bridgehead atoms. The highest BCUT2D eigenvalue weighted by Crippen LogP contribution is 2.20. The lowest BCUT2D eigenvalue weighted by molar-refractivity contribution is -0.138. The minimum atomic E-state index is -0.610. The van der Waals surface area contributed by atoms with Crippen LogP contribution in [-0.2, 0) is 4.79 Å². The highest BCUT2D eigenvalue weighted by Gasteiger charge is 2.23. The molecule has 0 radical (unpaired) electrons. The smallest absolute Gasteiger partial charge is 0.263 e. The topological polar surface area (TPSA) is 55.6 Å². The Bertz CT molecular complexity index is 459. The van der Waals surface area contributed by atoms with Gasteiger partial charge in [-0.25, -0.2) is 4.39 Å². The molecule has 4 nitrogen and oxygen atoms in total. The lowest BCUT2D eigenvalue weighted by Crippen LogP contribution is -2.43. The van der Waals surface area contributed by atoms with Crippen LogP contribution in [0.15, 0.2) is 18.2 Å². The van der Waals surface area contributed by atoms with Crippen molar-refractivity contribution < 1.29 is 13.9 Å². The molecule has 1 aliphatic heterocycles. The average molecular weight is 266 g/mol. The molecule has 1 unspecified atom stereocenters. The van der Waals surface area contributed by atoms with Gasteiger partial charge in [0, 0.05) is 19.2 Å². The predicted molar refractivity (Wildman–Crippen MR) is 71.3 cm³/mol. The van der Waals surface area contributed by atoms with E-state index in [1.807, 2.05) is 4.90 Å². The molecular formula is C14H19FN2O2. The van der Waals surface area contributed by atoms with Crippen LogP contribution < -0.4 is 10.5 Å². The van der Waals surface area contributed by atoms with Gasteiger partial charge in [0.05, 0.1) is 5.69 Å². The minimum absolute atomic E-state index is 0.0445. The third-order valence-electron chi connectivity index (χ3n) is 3.30. The molecule has 1 fully saturated rings. The molecule has 0 aromatic heterocycles. The van der Waals surface area contributed by atoms with Crippen molar-refractivity contribution in [1.29, 1.82) is 0 Å². The Balaban J connectivity index is 1.97. The molecule has 1 aromatic rings. The van der Waals surface area contributed by atoms with Gasteiger partial charge < -0.3 is 15.4 Å². The largest absolute Gasteiger partial charge is 0.481 e. The summed E-state index contributed by atoms with van der Waals surface area (Å²) in [5.74, 6) is -0.253. The fourth-order valence-corrected chi connectivity index (χ4v) is 2.21. The Morgan fingerprint density at radius 1 is 1.37 bits per heavy atom. The maximum Gasteiger partial charge on any atom is 0.263 e. The molecule has 1 aliphatic rings. The van der Waals surface area contributed by atoms with Crippen molar-refractivity contribution in [3.63, 3.8) is 0 Å². The summed E-state index contributed by atoms with van der Waals surface area (Å²) in [5, 5.41) is 0. The molecule has 2 N–H and O–H groups in total. The standard InChI is InChI=1S/C14H19FN2O2/c1-10(14(18)17-7-3-2-4-8-17)19-11-5-6-13(16)12(15)9-11/h5-6,9-10H,2-4,7-8,16H2,1H3. The molecule has 19 heavy (non-hydrogen) atoms. The molecular weight excluding hydrogens is 247 g/mol. The van der Waals surface area contributed by atoms with Gasteiger partial charge in [-0.3, -0.25) is 4.79 Å². The summed E-state index contributed by atoms with van der Waals surface area (Å²) in [4.78, 5) is 13.9. The zero-order valence-corrected chi connectivity index (χ0v) is 11.1. The van der Waals surface area contributed by atoms with Crippen molar-refractivity contribution in [2.24, 2.45) is 0 Å². The molecule has 5 heteroatoms. The summed E-state index contributed by atoms with van der Waals surface area (Å²) in [6.07, 6.45) is 2.63. The minimum Gasteiger partial charge on any atom is -0.481 e. The van der Waals surface area contributed by atoms with E-state index in [9.17, 15) is 9.18 Å². The summed E-state index contributed by atoms with van der Waals surface area (Å²) in [7, 11) is 0. The summed E-state index contributed by atoms with van der Waals surface area (Å²) >= 11 is 0. The first-order valence-corrected chi connectivity index (χ1v) is 6.58. The van der Waals surface area contributed by atoms with Gasteiger partial charge >= 0.3 is 0 Å². The number of halogens is 1. The lowest BCUT2D eigenvalue weighted by Gasteiger charge is -2.29. The van der Waals surface area contributed by atoms with Crippen molar-refractivity contribution in [3.8, 4) is 5.75 Å². The molecule has 2 rings (SSSR count). The van der Waals surface area contributed by atoms with E-state index in [1.165, 1.54) is 18.6 Å². The lowest BCUT2D eigenvalue weighted by atomic mass is 10.1.